The number of benzene rings is 2. The first-order valence-electron chi connectivity index (χ1n) is 43.3. The number of pyridine rings is 4. The fourth-order valence-electron chi connectivity index (χ4n) is 12.0. The average molecular weight is 2020 g/mol. The first-order chi connectivity index (χ1) is 64.3. The van der Waals surface area contributed by atoms with E-state index < -0.39 is 66.0 Å². The molecule has 7 aromatic carbocycles. The number of amides is 1. The maximum atomic E-state index is 12.5. The van der Waals surface area contributed by atoms with E-state index >= 15 is 0 Å². The third-order valence-corrected chi connectivity index (χ3v) is 20.0. The number of imidazole rings is 1. The van der Waals surface area contributed by atoms with Gasteiger partial charge in [0.25, 0.3) is 59.8 Å². The summed E-state index contributed by atoms with van der Waals surface area (Å²) in [5, 5.41) is 43.1. The van der Waals surface area contributed by atoms with Crippen molar-refractivity contribution in [3.05, 3.63) is 315 Å². The van der Waals surface area contributed by atoms with Crippen LogP contribution in [0.4, 0.5) is 93.2 Å². The van der Waals surface area contributed by atoms with Gasteiger partial charge in [0.2, 0.25) is 11.9 Å². The van der Waals surface area contributed by atoms with Crippen molar-refractivity contribution >= 4 is 97.5 Å². The molecule has 2 fully saturated rings. The molecule has 2 aliphatic rings. The zero-order chi connectivity index (χ0) is 101. The molecule has 143 heavy (non-hydrogen) atoms. The summed E-state index contributed by atoms with van der Waals surface area (Å²) in [6.07, 6.45) is 12.6. The molecule has 13 aromatic rings. The number of aromatic nitrogens is 8. The van der Waals surface area contributed by atoms with E-state index in [1.54, 1.807) is 90.2 Å². The van der Waals surface area contributed by atoms with Gasteiger partial charge in [-0.15, -0.1) is 0 Å². The highest BCUT2D eigenvalue weighted by Crippen LogP contribution is 2.31. The summed E-state index contributed by atoms with van der Waals surface area (Å²) < 4.78 is 37.4. The van der Waals surface area contributed by atoms with E-state index in [-0.39, 0.29) is 82.2 Å². The van der Waals surface area contributed by atoms with Crippen LogP contribution in [0.2, 0.25) is 5.02 Å². The lowest BCUT2D eigenvalue weighted by molar-refractivity contribution is -0.137. The largest absolute Gasteiger partial charge is 0.416 e. The summed E-state index contributed by atoms with van der Waals surface area (Å²) in [6.45, 7) is 23.0. The van der Waals surface area contributed by atoms with Gasteiger partial charge >= 0.3 is 6.18 Å². The molecule has 36 nitrogen and oxygen atoms in total. The standard InChI is InChI=1S/C11H8F3N3O2.2C11H11N3O2.C10H9N3O2.C9H13N.C8H10ClN.C7H10N2O2.C7H12N2.C6H9N3O.C5H9NO.C5H11N.C5H13N.8CH4/c1-15-7-8(10(19)9(7)18)17-6-4-5(2-3-16-6)11(12,13)14;1-12-8-9(11(16)10(8)15)14-6-7-2-4-13-5-3-7;1-12-8-9(11(16)10(8)15)14-6-7-4-2-3-5-13-7;1-11-7-8(10(15)9(7)14)13-6-3-2-4-12-5-6;1-8-4-3-5-9(6-8)7-10-2;1-6-5-7(10-2)3-4-8(6)9;1-3-9-5-4(8-2)6(10)7(5)11;1-5(2)7-8-4-6(3)9-7;1-4-3-5(10)9-6(7-2)8-4;1-6-4-2-3-5(6)7;1-6-5-3-2-4-5;1-5(2)4-6-3;;;;;;;;/h2-4,15H,1H3,(H,16,17);2*2-5,12,14H,6H2,1H3;2-5,11,13H,1H3;3-6,10H,7H2,1-2H3;3-5,10H,1-2H3;8-9H,3H2,1-2H3;4-5H,1-3H3,(H,8,9);3H,1-2H3,(H2,7,8,9,10);2-4H2,1H3;5-6H,2-4H2,1H3;5-6H,4H2,1-3H3;8*1H4. The minimum absolute atomic E-state index is 0. The van der Waals surface area contributed by atoms with Gasteiger partial charge in [0, 0.05) is 166 Å². The number of nitrogens with one attached hydrogen (secondary N) is 17. The van der Waals surface area contributed by atoms with Gasteiger partial charge in [-0.05, 0) is 171 Å². The molecule has 1 saturated carbocycles. The molecular weight excluding hydrogens is 1860 g/mol. The summed E-state index contributed by atoms with van der Waals surface area (Å²) in [7, 11) is 19.3. The molecule has 0 bridgehead atoms. The zero-order valence-corrected chi connectivity index (χ0v) is 80.7. The van der Waals surface area contributed by atoms with Crippen LogP contribution in [0.25, 0.3) is 0 Å². The van der Waals surface area contributed by atoms with E-state index in [4.69, 9.17) is 11.6 Å². The molecule has 1 saturated heterocycles. The van der Waals surface area contributed by atoms with E-state index in [1.165, 1.54) is 43.5 Å². The Morgan fingerprint density at radius 2 is 0.986 bits per heavy atom. The molecule has 1 aliphatic heterocycles. The lowest BCUT2D eigenvalue weighted by Gasteiger charge is -2.23. The van der Waals surface area contributed by atoms with Gasteiger partial charge < -0.3 is 89.6 Å². The van der Waals surface area contributed by atoms with Gasteiger partial charge in [0.15, 0.2) is 0 Å². The zero-order valence-electron chi connectivity index (χ0n) is 79.9. The van der Waals surface area contributed by atoms with Crippen molar-refractivity contribution in [2.75, 3.05) is 161 Å². The van der Waals surface area contributed by atoms with Crippen LogP contribution >= 0.6 is 11.6 Å². The van der Waals surface area contributed by atoms with Crippen LogP contribution in [0.3, 0.4) is 0 Å². The molecule has 15 rings (SSSR count). The molecule has 0 unspecified atom stereocenters. The minimum Gasteiger partial charge on any atom is -0.388 e. The highest BCUT2D eigenvalue weighted by Gasteiger charge is 2.32. The minimum atomic E-state index is -4.50. The highest BCUT2D eigenvalue weighted by atomic mass is 35.5. The summed E-state index contributed by atoms with van der Waals surface area (Å²) in [5.41, 5.74) is 5.84. The summed E-state index contributed by atoms with van der Waals surface area (Å²) in [4.78, 5) is 163. The second-order valence-electron chi connectivity index (χ2n) is 30.7. The van der Waals surface area contributed by atoms with E-state index in [2.05, 4.69) is 179 Å². The van der Waals surface area contributed by atoms with E-state index in [0.29, 0.717) is 94.3 Å². The molecule has 0 radical (unpaired) electrons. The molecule has 7 heterocycles. The first kappa shape index (κ1) is 137. The second kappa shape index (κ2) is 71.1. The third-order valence-electron chi connectivity index (χ3n) is 19.5. The Morgan fingerprint density at radius 1 is 0.462 bits per heavy atom. The summed E-state index contributed by atoms with van der Waals surface area (Å²) in [6, 6.07) is 31.0. The van der Waals surface area contributed by atoms with Crippen molar-refractivity contribution in [1.29, 1.82) is 0 Å². The predicted octanol–water partition coefficient (Wildman–Crippen LogP) is 15.7. The van der Waals surface area contributed by atoms with Crippen molar-refractivity contribution in [2.24, 2.45) is 5.92 Å². The number of halogens is 4. The lowest BCUT2D eigenvalue weighted by atomic mass is 9.94. The maximum absolute atomic E-state index is 12.5. The Balaban J connectivity index is -0.000000488. The number of carbonyl (C=O) groups is 1. The maximum Gasteiger partial charge on any atom is 0.416 e. The Kier molecular flexibility index (Phi) is 68.1. The highest BCUT2D eigenvalue weighted by molar-refractivity contribution is 6.31. The van der Waals surface area contributed by atoms with E-state index in [9.17, 15) is 70.7 Å². The number of likely N-dealkylation sites (tertiary alicyclic amines) is 1. The smallest absolute Gasteiger partial charge is 0.388 e. The van der Waals surface area contributed by atoms with Gasteiger partial charge in [0.1, 0.15) is 68.5 Å². The Hall–Kier alpha value is -14.4. The van der Waals surface area contributed by atoms with E-state index in [1.807, 2.05) is 111 Å². The van der Waals surface area contributed by atoms with Gasteiger partial charge in [-0.1, -0.05) is 141 Å². The van der Waals surface area contributed by atoms with Crippen molar-refractivity contribution in [3.63, 3.8) is 0 Å². The van der Waals surface area contributed by atoms with Crippen LogP contribution in [0.15, 0.2) is 199 Å². The third kappa shape index (κ3) is 44.5. The molecule has 0 spiro atoms. The molecular formula is C103H158ClF3N24O12. The Bertz CT molecular complexity index is 6130. The van der Waals surface area contributed by atoms with Gasteiger partial charge in [-0.3, -0.25) is 77.5 Å². The summed E-state index contributed by atoms with van der Waals surface area (Å²) >= 11 is 5.81. The van der Waals surface area contributed by atoms with E-state index in [0.717, 1.165) is 102 Å². The number of alkyl halides is 3. The van der Waals surface area contributed by atoms with Crippen LogP contribution in [0.1, 0.15) is 183 Å². The number of hydrogen-bond acceptors (Lipinski definition) is 33. The molecule has 6 aromatic heterocycles. The monoisotopic (exact) mass is 2020 g/mol. The lowest BCUT2D eigenvalue weighted by Crippen LogP contribution is -2.36. The van der Waals surface area contributed by atoms with Crippen molar-refractivity contribution in [2.45, 2.75) is 192 Å². The number of aromatic amines is 2. The average Bonchev–Trinajstić information content (AvgIpc) is 0.945. The number of carbonyl (C=O) groups excluding carboxylic acids is 1. The van der Waals surface area contributed by atoms with Crippen LogP contribution in [0.5, 0.6) is 0 Å². The second-order valence-corrected chi connectivity index (χ2v) is 31.1. The number of rotatable bonds is 25. The quantitative estimate of drug-likeness (QED) is 0.0236. The van der Waals surface area contributed by atoms with Crippen LogP contribution in [-0.2, 0) is 30.6 Å². The molecule has 1 amide bonds. The SMILES string of the molecule is C.C.C.C.C.C.C.C.CCNc1c(NC)c(=O)c1=O.CN1CCCC1=O.CNC1CCC1.CNCC(C)C.CNCc1cccc(C)c1.CNc1c(NCc2ccccn2)c(=O)c1=O.CNc1c(NCc2ccncc2)c(=O)c1=O.CNc1c(Nc2cc(C(F)(F)F)ccn2)c(=O)c1=O.CNc1c(Nc2cccnc2)c(=O)c1=O.CNc1ccc(Cl)c(C)c1.CNc1nc(C)cc(=O)[nH]1.Cc1cnc(C(C)C)[nH]1. The number of nitrogens with zero attached hydrogens (tertiary/aromatic N) is 7. The number of H-pyrrole nitrogens is 2. The molecule has 40 heteroatoms. The first-order valence-corrected chi connectivity index (χ1v) is 43.6. The van der Waals surface area contributed by atoms with Crippen molar-refractivity contribution in [3.8, 4) is 0 Å². The Labute approximate surface area is 845 Å². The van der Waals surface area contributed by atoms with Crippen LogP contribution < -0.4 is 140 Å². The summed E-state index contributed by atoms with van der Waals surface area (Å²) in [5.74, 6) is 3.02. The molecule has 0 atom stereocenters. The number of aryl methyl sites for hydroxylation is 4. The van der Waals surface area contributed by atoms with Gasteiger partial charge in [-0.2, -0.15) is 13.2 Å². The van der Waals surface area contributed by atoms with Crippen molar-refractivity contribution in [1.82, 2.24) is 60.7 Å². The molecule has 1 aliphatic carbocycles. The topological polar surface area (TPSA) is 497 Å². The predicted molar refractivity (Wildman–Crippen MR) is 594 cm³/mol. The van der Waals surface area contributed by atoms with Crippen LogP contribution in [0, 0.1) is 33.6 Å². The van der Waals surface area contributed by atoms with Gasteiger partial charge in [-0.25, -0.2) is 15.0 Å². The molecule has 17 N–H and O–H groups in total. The Morgan fingerprint density at radius 3 is 1.36 bits per heavy atom. The normalized spacial score (nSPS) is 10.8. The number of hydrogen-bond donors (Lipinski definition) is 17. The van der Waals surface area contributed by atoms with Crippen molar-refractivity contribution < 1.29 is 18.0 Å². The number of anilines is 14. The fraction of sp³-hybridized carbons (Fsp3) is 0.417. The fourth-order valence-corrected chi connectivity index (χ4v) is 12.1. The van der Waals surface area contributed by atoms with Crippen LogP contribution in [-0.4, -0.2) is 154 Å². The van der Waals surface area contributed by atoms with Gasteiger partial charge in [0.05, 0.1) is 29.7 Å². The molecule has 790 valence electrons.